The molecular formula is C6H12N2O2S. The molecule has 1 atom stereocenters. The maximum Gasteiger partial charge on any atom is 0.312 e. The van der Waals surface area contributed by atoms with E-state index in [2.05, 4.69) is 17.9 Å². The van der Waals surface area contributed by atoms with Crippen molar-refractivity contribution in [2.45, 2.75) is 25.8 Å². The average molecular weight is 176 g/mol. The molecule has 0 saturated carbocycles. The number of rotatable bonds is 4. The first kappa shape index (κ1) is 10.3. The second kappa shape index (κ2) is 5.01. The van der Waals surface area contributed by atoms with Crippen molar-refractivity contribution in [1.29, 1.82) is 0 Å². The van der Waals surface area contributed by atoms with Gasteiger partial charge in [-0.2, -0.15) is 0 Å². The summed E-state index contributed by atoms with van der Waals surface area (Å²) in [5.74, 6) is 0. The molecule has 0 aliphatic rings. The molecule has 4 nitrogen and oxygen atoms in total. The number of amides is 2. The molecule has 2 amide bonds. The van der Waals surface area contributed by atoms with Crippen molar-refractivity contribution in [2.75, 3.05) is 0 Å². The molecule has 0 aromatic carbocycles. The Bertz CT molecular complexity index is 161. The van der Waals surface area contributed by atoms with Crippen molar-refractivity contribution < 1.29 is 9.59 Å². The molecule has 0 heterocycles. The summed E-state index contributed by atoms with van der Waals surface area (Å²) < 4.78 is 0. The minimum absolute atomic E-state index is 0.356. The second-order valence-corrected chi connectivity index (χ2v) is 2.63. The summed E-state index contributed by atoms with van der Waals surface area (Å²) in [6.45, 7) is 1.91. The number of nitrogens with one attached hydrogen (secondary N) is 1. The minimum atomic E-state index is -0.689. The van der Waals surface area contributed by atoms with Crippen LogP contribution in [-0.2, 0) is 4.79 Å². The van der Waals surface area contributed by atoms with E-state index in [1.165, 1.54) is 0 Å². The van der Waals surface area contributed by atoms with Crippen molar-refractivity contribution in [3.05, 3.63) is 0 Å². The van der Waals surface area contributed by atoms with E-state index in [1.54, 1.807) is 0 Å². The summed E-state index contributed by atoms with van der Waals surface area (Å²) >= 11 is 3.59. The van der Waals surface area contributed by atoms with Gasteiger partial charge in [-0.3, -0.25) is 4.79 Å². The monoisotopic (exact) mass is 176 g/mol. The Morgan fingerprint density at radius 1 is 1.64 bits per heavy atom. The topological polar surface area (TPSA) is 72.2 Å². The van der Waals surface area contributed by atoms with E-state index in [1.807, 2.05) is 6.92 Å². The van der Waals surface area contributed by atoms with E-state index >= 15 is 0 Å². The number of carbonyl (C=O) groups excluding carboxylic acids is 2. The number of carbonyl (C=O) groups is 2. The molecule has 5 heteroatoms. The quantitative estimate of drug-likeness (QED) is 0.538. The van der Waals surface area contributed by atoms with Crippen LogP contribution in [0.15, 0.2) is 0 Å². The van der Waals surface area contributed by atoms with Gasteiger partial charge in [0.1, 0.15) is 0 Å². The summed E-state index contributed by atoms with van der Waals surface area (Å²) in [5, 5.41) is 1.94. The van der Waals surface area contributed by atoms with Crippen molar-refractivity contribution in [2.24, 2.45) is 5.73 Å². The molecule has 0 aromatic heterocycles. The first-order valence-corrected chi connectivity index (χ1v) is 3.81. The molecule has 0 aliphatic carbocycles. The Hall–Kier alpha value is -0.710. The molecule has 11 heavy (non-hydrogen) atoms. The van der Waals surface area contributed by atoms with Gasteiger partial charge >= 0.3 is 6.03 Å². The average Bonchev–Trinajstić information content (AvgIpc) is 1.86. The Labute approximate surface area is 70.9 Å². The van der Waals surface area contributed by atoms with Crippen LogP contribution in [0.1, 0.15) is 19.8 Å². The predicted octanol–water partition coefficient (Wildman–Crippen LogP) is 0.280. The lowest BCUT2D eigenvalue weighted by molar-refractivity contribution is -0.112. The zero-order valence-electron chi connectivity index (χ0n) is 6.33. The van der Waals surface area contributed by atoms with Crippen LogP contribution in [0.5, 0.6) is 0 Å². The first-order chi connectivity index (χ1) is 5.07. The molecule has 0 radical (unpaired) electrons. The lowest BCUT2D eigenvalue weighted by Gasteiger charge is -2.11. The van der Waals surface area contributed by atoms with E-state index in [4.69, 9.17) is 5.73 Å². The highest BCUT2D eigenvalue weighted by molar-refractivity contribution is 7.96. The maximum atomic E-state index is 10.7. The van der Waals surface area contributed by atoms with E-state index in [0.717, 1.165) is 6.42 Å². The first-order valence-electron chi connectivity index (χ1n) is 3.36. The molecule has 3 N–H and O–H groups in total. The zero-order chi connectivity index (χ0) is 8.85. The lowest BCUT2D eigenvalue weighted by Crippen LogP contribution is -2.41. The van der Waals surface area contributed by atoms with Gasteiger partial charge in [0, 0.05) is 0 Å². The summed E-state index contributed by atoms with van der Waals surface area (Å²) in [6.07, 6.45) is 1.38. The van der Waals surface area contributed by atoms with Gasteiger partial charge in [-0.25, -0.2) is 4.79 Å². The fraction of sp³-hybridized carbons (Fsp3) is 0.667. The van der Waals surface area contributed by atoms with Gasteiger partial charge in [0.2, 0.25) is 5.12 Å². The standard InChI is InChI=1S/C6H12N2O2S/c1-2-3-4(5(9)11)8-6(7)10/h4H,2-3H2,1H3,(H,9,11)(H3,7,8,10). The van der Waals surface area contributed by atoms with Gasteiger partial charge < -0.3 is 11.1 Å². The van der Waals surface area contributed by atoms with E-state index in [-0.39, 0.29) is 5.12 Å². The van der Waals surface area contributed by atoms with E-state index in [9.17, 15) is 9.59 Å². The predicted molar refractivity (Wildman–Crippen MR) is 45.4 cm³/mol. The van der Waals surface area contributed by atoms with Gasteiger partial charge in [-0.05, 0) is 6.42 Å². The number of primary amides is 1. The van der Waals surface area contributed by atoms with Crippen LogP contribution in [0.3, 0.4) is 0 Å². The molecule has 0 saturated heterocycles. The van der Waals surface area contributed by atoms with Crippen molar-refractivity contribution in [3.63, 3.8) is 0 Å². The third kappa shape index (κ3) is 4.66. The van der Waals surface area contributed by atoms with Crippen molar-refractivity contribution >= 4 is 23.8 Å². The maximum absolute atomic E-state index is 10.7. The Kier molecular flexibility index (Phi) is 4.69. The fourth-order valence-electron chi connectivity index (χ4n) is 0.718. The van der Waals surface area contributed by atoms with Gasteiger partial charge in [0.05, 0.1) is 6.04 Å². The Morgan fingerprint density at radius 3 is 2.45 bits per heavy atom. The second-order valence-electron chi connectivity index (χ2n) is 2.19. The molecule has 1 unspecified atom stereocenters. The summed E-state index contributed by atoms with van der Waals surface area (Å²) in [6, 6.07) is -1.23. The zero-order valence-corrected chi connectivity index (χ0v) is 7.23. The van der Waals surface area contributed by atoms with Crippen LogP contribution in [0.4, 0.5) is 4.79 Å². The third-order valence-electron chi connectivity index (χ3n) is 1.19. The highest BCUT2D eigenvalue weighted by Gasteiger charge is 2.14. The van der Waals surface area contributed by atoms with Crippen molar-refractivity contribution in [3.8, 4) is 0 Å². The minimum Gasteiger partial charge on any atom is -0.352 e. The lowest BCUT2D eigenvalue weighted by atomic mass is 10.2. The molecule has 0 spiro atoms. The summed E-state index contributed by atoms with van der Waals surface area (Å²) in [7, 11) is 0. The molecule has 64 valence electrons. The highest BCUT2D eigenvalue weighted by atomic mass is 32.1. The molecule has 0 aliphatic heterocycles. The van der Waals surface area contributed by atoms with Crippen LogP contribution >= 0.6 is 12.6 Å². The number of thiol groups is 1. The van der Waals surface area contributed by atoms with E-state index < -0.39 is 12.1 Å². The van der Waals surface area contributed by atoms with Crippen LogP contribution in [0.25, 0.3) is 0 Å². The molecule has 0 fully saturated rings. The molecule has 0 bridgehead atoms. The van der Waals surface area contributed by atoms with Crippen LogP contribution in [-0.4, -0.2) is 17.2 Å². The SMILES string of the molecule is CCCC(NC(N)=O)C(=O)S. The van der Waals surface area contributed by atoms with Gasteiger partial charge in [-0.15, -0.1) is 12.6 Å². The van der Waals surface area contributed by atoms with Crippen LogP contribution in [0.2, 0.25) is 0 Å². The largest absolute Gasteiger partial charge is 0.352 e. The van der Waals surface area contributed by atoms with Gasteiger partial charge in [0.15, 0.2) is 0 Å². The fourth-order valence-corrected chi connectivity index (χ4v) is 0.911. The van der Waals surface area contributed by atoms with Gasteiger partial charge in [0.25, 0.3) is 0 Å². The molecule has 0 rings (SSSR count). The Morgan fingerprint density at radius 2 is 2.18 bits per heavy atom. The summed E-state index contributed by atoms with van der Waals surface area (Å²) in [4.78, 5) is 21.0. The molecular weight excluding hydrogens is 164 g/mol. The number of urea groups is 1. The summed E-state index contributed by atoms with van der Waals surface area (Å²) in [5.41, 5.74) is 4.83. The van der Waals surface area contributed by atoms with E-state index in [0.29, 0.717) is 6.42 Å². The van der Waals surface area contributed by atoms with Gasteiger partial charge in [-0.1, -0.05) is 13.3 Å². The van der Waals surface area contributed by atoms with Crippen LogP contribution in [0, 0.1) is 0 Å². The third-order valence-corrected chi connectivity index (χ3v) is 1.50. The van der Waals surface area contributed by atoms with Crippen LogP contribution < -0.4 is 11.1 Å². The number of nitrogens with two attached hydrogens (primary N) is 1. The van der Waals surface area contributed by atoms with Crippen molar-refractivity contribution in [1.82, 2.24) is 5.32 Å². The smallest absolute Gasteiger partial charge is 0.312 e. The number of hydrogen-bond acceptors (Lipinski definition) is 2. The highest BCUT2D eigenvalue weighted by Crippen LogP contribution is 1.99. The Balaban J connectivity index is 3.89. The number of hydrogen-bond donors (Lipinski definition) is 3. The molecule has 0 aromatic rings. The normalized spacial score (nSPS) is 12.2.